The second-order valence-corrected chi connectivity index (χ2v) is 3.14. The molecule has 0 aliphatic carbocycles. The number of nitrogens with two attached hydrogens (primary N) is 2. The lowest BCUT2D eigenvalue weighted by atomic mass is 10.1. The molecule has 2 amide bonds. The highest BCUT2D eigenvalue weighted by atomic mass is 16.1. The predicted molar refractivity (Wildman–Crippen MR) is 55.1 cm³/mol. The minimum atomic E-state index is -0.473. The van der Waals surface area contributed by atoms with Crippen LogP contribution in [0.4, 0.5) is 0 Å². The summed E-state index contributed by atoms with van der Waals surface area (Å²) in [6.45, 7) is 7.03. The average molecular weight is 196 g/mol. The molecule has 0 fully saturated rings. The molecule has 0 atom stereocenters. The first-order valence-electron chi connectivity index (χ1n) is 4.40. The van der Waals surface area contributed by atoms with Gasteiger partial charge in [0.2, 0.25) is 11.8 Å². The SMILES string of the molecule is C=C(CCCCC(=C)C(N)=O)C(N)=O. The van der Waals surface area contributed by atoms with E-state index in [1.807, 2.05) is 0 Å². The Labute approximate surface area is 83.6 Å². The molecule has 0 heterocycles. The summed E-state index contributed by atoms with van der Waals surface area (Å²) >= 11 is 0. The maximum Gasteiger partial charge on any atom is 0.244 e. The van der Waals surface area contributed by atoms with Crippen LogP contribution in [0.3, 0.4) is 0 Å². The van der Waals surface area contributed by atoms with Gasteiger partial charge in [-0.05, 0) is 25.7 Å². The number of amides is 2. The molecule has 0 spiro atoms. The molecule has 0 radical (unpaired) electrons. The number of hydrogen-bond donors (Lipinski definition) is 2. The molecule has 0 rings (SSSR count). The lowest BCUT2D eigenvalue weighted by Crippen LogP contribution is -2.14. The van der Waals surface area contributed by atoms with Crippen molar-refractivity contribution in [3.63, 3.8) is 0 Å². The molecule has 0 unspecified atom stereocenters. The minimum absolute atomic E-state index is 0.412. The zero-order chi connectivity index (χ0) is 11.1. The second-order valence-electron chi connectivity index (χ2n) is 3.14. The Morgan fingerprint density at radius 3 is 1.36 bits per heavy atom. The standard InChI is InChI=1S/C10H16N2O2/c1-7(9(11)13)5-3-4-6-8(2)10(12)14/h1-6H2,(H2,11,13)(H2,12,14). The van der Waals surface area contributed by atoms with E-state index < -0.39 is 11.8 Å². The molecule has 0 bridgehead atoms. The molecule has 0 saturated carbocycles. The van der Waals surface area contributed by atoms with Crippen LogP contribution in [0.15, 0.2) is 24.3 Å². The third kappa shape index (κ3) is 5.13. The van der Waals surface area contributed by atoms with Gasteiger partial charge in [0.15, 0.2) is 0 Å². The Balaban J connectivity index is 3.57. The number of unbranched alkanes of at least 4 members (excludes halogenated alkanes) is 1. The van der Waals surface area contributed by atoms with E-state index in [0.29, 0.717) is 24.0 Å². The zero-order valence-electron chi connectivity index (χ0n) is 8.21. The molecular formula is C10H16N2O2. The molecule has 0 aliphatic rings. The maximum absolute atomic E-state index is 10.6. The van der Waals surface area contributed by atoms with Gasteiger partial charge in [-0.15, -0.1) is 0 Å². The predicted octanol–water partition coefficient (Wildman–Crippen LogP) is 0.630. The first-order valence-corrected chi connectivity index (χ1v) is 4.40. The number of carbonyl (C=O) groups excluding carboxylic acids is 2. The van der Waals surface area contributed by atoms with E-state index in [1.54, 1.807) is 0 Å². The fourth-order valence-electron chi connectivity index (χ4n) is 0.923. The summed E-state index contributed by atoms with van der Waals surface area (Å²) in [5.74, 6) is -0.947. The molecule has 0 aromatic rings. The number of carbonyl (C=O) groups is 2. The van der Waals surface area contributed by atoms with Crippen molar-refractivity contribution in [2.75, 3.05) is 0 Å². The van der Waals surface area contributed by atoms with Gasteiger partial charge >= 0.3 is 0 Å². The molecule has 0 aromatic carbocycles. The van der Waals surface area contributed by atoms with Crippen LogP contribution < -0.4 is 11.5 Å². The summed E-state index contributed by atoms with van der Waals surface area (Å²) in [5.41, 5.74) is 10.8. The Bertz CT molecular complexity index is 241. The normalized spacial score (nSPS) is 9.43. The molecule has 4 heteroatoms. The Morgan fingerprint density at radius 1 is 0.857 bits per heavy atom. The summed E-state index contributed by atoms with van der Waals surface area (Å²) in [5, 5.41) is 0. The summed E-state index contributed by atoms with van der Waals surface area (Å²) in [6.07, 6.45) is 2.63. The van der Waals surface area contributed by atoms with Crippen molar-refractivity contribution in [1.82, 2.24) is 0 Å². The van der Waals surface area contributed by atoms with Crippen molar-refractivity contribution < 1.29 is 9.59 Å². The molecule has 14 heavy (non-hydrogen) atoms. The van der Waals surface area contributed by atoms with Crippen molar-refractivity contribution in [2.24, 2.45) is 11.5 Å². The largest absolute Gasteiger partial charge is 0.366 e. The number of rotatable bonds is 7. The first-order chi connectivity index (χ1) is 6.45. The van der Waals surface area contributed by atoms with Crippen LogP contribution in [0.2, 0.25) is 0 Å². The quantitative estimate of drug-likeness (QED) is 0.462. The summed E-state index contributed by atoms with van der Waals surface area (Å²) < 4.78 is 0. The fraction of sp³-hybridized carbons (Fsp3) is 0.400. The third-order valence-electron chi connectivity index (χ3n) is 1.90. The molecule has 4 N–H and O–H groups in total. The van der Waals surface area contributed by atoms with Gasteiger partial charge < -0.3 is 11.5 Å². The lowest BCUT2D eigenvalue weighted by molar-refractivity contribution is -0.115. The molecule has 0 aliphatic heterocycles. The topological polar surface area (TPSA) is 86.2 Å². The van der Waals surface area contributed by atoms with Crippen LogP contribution in [-0.2, 0) is 9.59 Å². The van der Waals surface area contributed by atoms with Gasteiger partial charge in [0.05, 0.1) is 0 Å². The summed E-state index contributed by atoms with van der Waals surface area (Å²) in [4.78, 5) is 21.1. The number of hydrogen-bond acceptors (Lipinski definition) is 2. The Kier molecular flexibility index (Phi) is 5.29. The summed E-state index contributed by atoms with van der Waals surface area (Å²) in [7, 11) is 0. The van der Waals surface area contributed by atoms with E-state index >= 15 is 0 Å². The van der Waals surface area contributed by atoms with Gasteiger partial charge in [-0.3, -0.25) is 9.59 Å². The van der Waals surface area contributed by atoms with Crippen molar-refractivity contribution >= 4 is 11.8 Å². The monoisotopic (exact) mass is 196 g/mol. The van der Waals surface area contributed by atoms with E-state index in [1.165, 1.54) is 0 Å². The van der Waals surface area contributed by atoms with Gasteiger partial charge in [0.25, 0.3) is 0 Å². The minimum Gasteiger partial charge on any atom is -0.366 e. The van der Waals surface area contributed by atoms with Crippen LogP contribution in [0.5, 0.6) is 0 Å². The maximum atomic E-state index is 10.6. The smallest absolute Gasteiger partial charge is 0.244 e. The third-order valence-corrected chi connectivity index (χ3v) is 1.90. The van der Waals surface area contributed by atoms with Gasteiger partial charge in [-0.1, -0.05) is 13.2 Å². The van der Waals surface area contributed by atoms with Gasteiger partial charge in [-0.2, -0.15) is 0 Å². The zero-order valence-corrected chi connectivity index (χ0v) is 8.21. The number of primary amides is 2. The van der Waals surface area contributed by atoms with Crippen molar-refractivity contribution in [1.29, 1.82) is 0 Å². The van der Waals surface area contributed by atoms with E-state index in [9.17, 15) is 9.59 Å². The van der Waals surface area contributed by atoms with E-state index in [4.69, 9.17) is 11.5 Å². The lowest BCUT2D eigenvalue weighted by Gasteiger charge is -2.02. The van der Waals surface area contributed by atoms with Crippen LogP contribution in [0.25, 0.3) is 0 Å². The summed E-state index contributed by atoms with van der Waals surface area (Å²) in [6, 6.07) is 0. The van der Waals surface area contributed by atoms with Crippen molar-refractivity contribution in [3.05, 3.63) is 24.3 Å². The van der Waals surface area contributed by atoms with Crippen molar-refractivity contribution in [3.8, 4) is 0 Å². The van der Waals surface area contributed by atoms with Crippen LogP contribution in [0.1, 0.15) is 25.7 Å². The molecule has 78 valence electrons. The van der Waals surface area contributed by atoms with E-state index in [-0.39, 0.29) is 0 Å². The van der Waals surface area contributed by atoms with Crippen LogP contribution in [-0.4, -0.2) is 11.8 Å². The van der Waals surface area contributed by atoms with Crippen molar-refractivity contribution in [2.45, 2.75) is 25.7 Å². The molecule has 0 saturated heterocycles. The van der Waals surface area contributed by atoms with Crippen LogP contribution in [0, 0.1) is 0 Å². The highest BCUT2D eigenvalue weighted by molar-refractivity contribution is 5.91. The second kappa shape index (κ2) is 5.96. The van der Waals surface area contributed by atoms with E-state index in [2.05, 4.69) is 13.2 Å². The first kappa shape index (κ1) is 12.4. The Hall–Kier alpha value is -1.58. The van der Waals surface area contributed by atoms with Crippen LogP contribution >= 0.6 is 0 Å². The fourth-order valence-corrected chi connectivity index (χ4v) is 0.923. The Morgan fingerprint density at radius 2 is 1.14 bits per heavy atom. The van der Waals surface area contributed by atoms with E-state index in [0.717, 1.165) is 12.8 Å². The molecular weight excluding hydrogens is 180 g/mol. The highest BCUT2D eigenvalue weighted by Crippen LogP contribution is 2.10. The van der Waals surface area contributed by atoms with Gasteiger partial charge in [0.1, 0.15) is 0 Å². The molecule has 0 aromatic heterocycles. The van der Waals surface area contributed by atoms with Gasteiger partial charge in [-0.25, -0.2) is 0 Å². The molecule has 4 nitrogen and oxygen atoms in total. The average Bonchev–Trinajstić information content (AvgIpc) is 2.11. The highest BCUT2D eigenvalue weighted by Gasteiger charge is 2.03. The van der Waals surface area contributed by atoms with Gasteiger partial charge in [0, 0.05) is 11.1 Å².